The molecule has 0 aliphatic heterocycles. The first-order valence-electron chi connectivity index (χ1n) is 8.74. The van der Waals surface area contributed by atoms with Crippen LogP contribution in [0.2, 0.25) is 0 Å². The van der Waals surface area contributed by atoms with Crippen molar-refractivity contribution < 1.29 is 14.3 Å². The lowest BCUT2D eigenvalue weighted by molar-refractivity contribution is -0.132. The highest BCUT2D eigenvalue weighted by Gasteiger charge is 2.26. The number of aliphatic hydroxyl groups excluding tert-OH is 1. The lowest BCUT2D eigenvalue weighted by Gasteiger charge is -2.34. The van der Waals surface area contributed by atoms with Crippen LogP contribution in [0.25, 0.3) is 5.69 Å². The highest BCUT2D eigenvalue weighted by Crippen LogP contribution is 2.27. The molecule has 0 bridgehead atoms. The monoisotopic (exact) mass is 345 g/mol. The first kappa shape index (κ1) is 17.6. The molecule has 5 nitrogen and oxygen atoms in total. The van der Waals surface area contributed by atoms with E-state index in [0.29, 0.717) is 11.6 Å². The highest BCUT2D eigenvalue weighted by molar-refractivity contribution is 5.78. The molecule has 6 heteroatoms. The Labute approximate surface area is 147 Å². The molecule has 1 aromatic heterocycles. The lowest BCUT2D eigenvalue weighted by atomic mass is 9.86. The van der Waals surface area contributed by atoms with Crippen LogP contribution in [0.4, 0.5) is 4.39 Å². The van der Waals surface area contributed by atoms with Gasteiger partial charge in [0.2, 0.25) is 5.91 Å². The van der Waals surface area contributed by atoms with Crippen molar-refractivity contribution in [1.29, 1.82) is 0 Å². The molecule has 1 aliphatic carbocycles. The number of benzene rings is 1. The molecular weight excluding hydrogens is 321 g/mol. The van der Waals surface area contributed by atoms with Crippen LogP contribution in [0.3, 0.4) is 0 Å². The molecule has 0 unspecified atom stereocenters. The first-order chi connectivity index (χ1) is 12.1. The van der Waals surface area contributed by atoms with Gasteiger partial charge in [0, 0.05) is 25.9 Å². The van der Waals surface area contributed by atoms with Crippen LogP contribution in [0, 0.1) is 11.7 Å². The van der Waals surface area contributed by atoms with Gasteiger partial charge in [0.15, 0.2) is 0 Å². The van der Waals surface area contributed by atoms with Gasteiger partial charge in [0.1, 0.15) is 5.82 Å². The predicted molar refractivity (Wildman–Crippen MR) is 92.8 cm³/mol. The van der Waals surface area contributed by atoms with Crippen molar-refractivity contribution in [2.45, 2.75) is 38.1 Å². The molecule has 1 fully saturated rings. The van der Waals surface area contributed by atoms with Crippen molar-refractivity contribution in [1.82, 2.24) is 14.7 Å². The summed E-state index contributed by atoms with van der Waals surface area (Å²) in [4.78, 5) is 14.4. The van der Waals surface area contributed by atoms with Crippen LogP contribution >= 0.6 is 0 Å². The molecule has 0 atom stereocenters. The molecule has 3 rings (SSSR count). The summed E-state index contributed by atoms with van der Waals surface area (Å²) in [6.07, 6.45) is 5.86. The van der Waals surface area contributed by atoms with E-state index in [1.807, 2.05) is 18.0 Å². The summed E-state index contributed by atoms with van der Waals surface area (Å²) < 4.78 is 14.6. The summed E-state index contributed by atoms with van der Waals surface area (Å²) in [7, 11) is 1.85. The second-order valence-electron chi connectivity index (χ2n) is 6.77. The Balaban J connectivity index is 1.59. The number of likely N-dealkylation sites (N-methyl/N-ethyl adjacent to an activating group) is 1. The number of hydrogen-bond donors (Lipinski definition) is 1. The fourth-order valence-corrected chi connectivity index (χ4v) is 3.39. The number of carbonyl (C=O) groups is 1. The van der Waals surface area contributed by atoms with Crippen LogP contribution in [-0.4, -0.2) is 45.4 Å². The second kappa shape index (κ2) is 7.78. The number of rotatable bonds is 5. The van der Waals surface area contributed by atoms with Gasteiger partial charge in [-0.3, -0.25) is 4.79 Å². The van der Waals surface area contributed by atoms with Crippen molar-refractivity contribution in [3.05, 3.63) is 48.0 Å². The standard InChI is InChI=1S/C19H24FN3O2/c1-22(17-6-2-14(13-24)3-7-17)19(25)12-16-10-11-23(21-16)18-8-4-15(20)5-9-18/h4-5,8-11,14,17,24H,2-3,6-7,12-13H2,1H3. The van der Waals surface area contributed by atoms with Crippen LogP contribution in [-0.2, 0) is 11.2 Å². The third-order valence-electron chi connectivity index (χ3n) is 5.08. The summed E-state index contributed by atoms with van der Waals surface area (Å²) >= 11 is 0. The number of nitrogens with zero attached hydrogens (tertiary/aromatic N) is 3. The van der Waals surface area contributed by atoms with Crippen LogP contribution < -0.4 is 0 Å². The van der Waals surface area contributed by atoms with Gasteiger partial charge in [-0.25, -0.2) is 9.07 Å². The third-order valence-corrected chi connectivity index (χ3v) is 5.08. The van der Waals surface area contributed by atoms with Crippen molar-refractivity contribution in [3.8, 4) is 5.69 Å². The van der Waals surface area contributed by atoms with E-state index in [1.165, 1.54) is 12.1 Å². The van der Waals surface area contributed by atoms with Gasteiger partial charge in [-0.05, 0) is 61.9 Å². The minimum absolute atomic E-state index is 0.0526. The first-order valence-corrected chi connectivity index (χ1v) is 8.74. The van der Waals surface area contributed by atoms with E-state index in [1.54, 1.807) is 23.0 Å². The zero-order chi connectivity index (χ0) is 17.8. The molecular formula is C19H24FN3O2. The molecule has 1 amide bonds. The molecule has 2 aromatic rings. The Morgan fingerprint density at radius 3 is 2.56 bits per heavy atom. The summed E-state index contributed by atoms with van der Waals surface area (Å²) in [6.45, 7) is 0.241. The van der Waals surface area contributed by atoms with E-state index in [9.17, 15) is 14.3 Å². The molecule has 1 aliphatic rings. The van der Waals surface area contributed by atoms with Crippen LogP contribution in [0.1, 0.15) is 31.4 Å². The Hall–Kier alpha value is -2.21. The van der Waals surface area contributed by atoms with Crippen molar-refractivity contribution in [2.24, 2.45) is 5.92 Å². The third kappa shape index (κ3) is 4.25. The van der Waals surface area contributed by atoms with Gasteiger partial charge < -0.3 is 10.0 Å². The number of amides is 1. The van der Waals surface area contributed by atoms with E-state index in [-0.39, 0.29) is 30.8 Å². The maximum absolute atomic E-state index is 13.0. The molecule has 1 saturated carbocycles. The number of halogens is 1. The largest absolute Gasteiger partial charge is 0.396 e. The highest BCUT2D eigenvalue weighted by atomic mass is 19.1. The maximum Gasteiger partial charge on any atom is 0.228 e. The van der Waals surface area contributed by atoms with Crippen molar-refractivity contribution in [2.75, 3.05) is 13.7 Å². The fourth-order valence-electron chi connectivity index (χ4n) is 3.39. The topological polar surface area (TPSA) is 58.4 Å². The average molecular weight is 345 g/mol. The fraction of sp³-hybridized carbons (Fsp3) is 0.474. The van der Waals surface area contributed by atoms with Crippen LogP contribution in [0.5, 0.6) is 0 Å². The normalized spacial score (nSPS) is 20.4. The van der Waals surface area contributed by atoms with E-state index >= 15 is 0 Å². The minimum Gasteiger partial charge on any atom is -0.396 e. The predicted octanol–water partition coefficient (Wildman–Crippen LogP) is 2.56. The maximum atomic E-state index is 13.0. The summed E-state index contributed by atoms with van der Waals surface area (Å²) in [5.41, 5.74) is 1.46. The van der Waals surface area contributed by atoms with Gasteiger partial charge in [-0.15, -0.1) is 0 Å². The summed E-state index contributed by atoms with van der Waals surface area (Å²) in [5, 5.41) is 13.6. The minimum atomic E-state index is -0.288. The quantitative estimate of drug-likeness (QED) is 0.906. The lowest BCUT2D eigenvalue weighted by Crippen LogP contribution is -2.40. The molecule has 134 valence electrons. The Morgan fingerprint density at radius 2 is 1.92 bits per heavy atom. The summed E-state index contributed by atoms with van der Waals surface area (Å²) in [5.74, 6) is 0.145. The molecule has 1 heterocycles. The van der Waals surface area contributed by atoms with Gasteiger partial charge in [0.25, 0.3) is 0 Å². The smallest absolute Gasteiger partial charge is 0.228 e. The molecule has 1 aromatic carbocycles. The number of hydrogen-bond acceptors (Lipinski definition) is 3. The Morgan fingerprint density at radius 1 is 1.24 bits per heavy atom. The SMILES string of the molecule is CN(C(=O)Cc1ccn(-c2ccc(F)cc2)n1)C1CCC(CO)CC1. The number of aromatic nitrogens is 2. The molecule has 0 radical (unpaired) electrons. The van der Waals surface area contributed by atoms with E-state index < -0.39 is 0 Å². The molecule has 1 N–H and O–H groups in total. The molecule has 0 spiro atoms. The van der Waals surface area contributed by atoms with Gasteiger partial charge in [0.05, 0.1) is 17.8 Å². The van der Waals surface area contributed by atoms with Gasteiger partial charge >= 0.3 is 0 Å². The Bertz CT molecular complexity index is 706. The van der Waals surface area contributed by atoms with E-state index in [0.717, 1.165) is 31.4 Å². The average Bonchev–Trinajstić information content (AvgIpc) is 3.10. The van der Waals surface area contributed by atoms with Crippen molar-refractivity contribution in [3.63, 3.8) is 0 Å². The Kier molecular flexibility index (Phi) is 5.48. The van der Waals surface area contributed by atoms with Crippen LogP contribution in [0.15, 0.2) is 36.5 Å². The molecule has 25 heavy (non-hydrogen) atoms. The van der Waals surface area contributed by atoms with Gasteiger partial charge in [-0.2, -0.15) is 5.10 Å². The summed E-state index contributed by atoms with van der Waals surface area (Å²) in [6, 6.07) is 8.14. The van der Waals surface area contributed by atoms with Gasteiger partial charge in [-0.1, -0.05) is 0 Å². The number of aliphatic hydroxyl groups is 1. The second-order valence-corrected chi connectivity index (χ2v) is 6.77. The van der Waals surface area contributed by atoms with E-state index in [4.69, 9.17) is 0 Å². The zero-order valence-corrected chi connectivity index (χ0v) is 14.4. The van der Waals surface area contributed by atoms with E-state index in [2.05, 4.69) is 5.10 Å². The number of carbonyl (C=O) groups excluding carboxylic acids is 1. The zero-order valence-electron chi connectivity index (χ0n) is 14.4. The molecule has 0 saturated heterocycles. The van der Waals surface area contributed by atoms with Crippen molar-refractivity contribution >= 4 is 5.91 Å².